The predicted molar refractivity (Wildman–Crippen MR) is 77.7 cm³/mol. The first-order valence-corrected chi connectivity index (χ1v) is 5.85. The molecule has 1 aromatic carbocycles. The highest BCUT2D eigenvalue weighted by molar-refractivity contribution is 6.32. The van der Waals surface area contributed by atoms with Gasteiger partial charge in [-0.15, -0.1) is 6.58 Å². The van der Waals surface area contributed by atoms with Crippen molar-refractivity contribution in [3.8, 4) is 0 Å². The van der Waals surface area contributed by atoms with E-state index in [1.807, 2.05) is 32.9 Å². The van der Waals surface area contributed by atoms with Gasteiger partial charge < -0.3 is 0 Å². The van der Waals surface area contributed by atoms with Gasteiger partial charge in [0.15, 0.2) is 0 Å². The molecule has 0 heterocycles. The van der Waals surface area contributed by atoms with Crippen LogP contribution in [0, 0.1) is 0 Å². The van der Waals surface area contributed by atoms with Crippen molar-refractivity contribution in [2.75, 3.05) is 0 Å². The molecule has 2 radical (unpaired) electrons. The lowest BCUT2D eigenvalue weighted by molar-refractivity contribution is 0.590. The highest BCUT2D eigenvalue weighted by Gasteiger charge is 2.11. The van der Waals surface area contributed by atoms with Gasteiger partial charge in [-0.2, -0.15) is 0 Å². The maximum atomic E-state index is 5.57. The minimum absolute atomic E-state index is 0.230. The maximum Gasteiger partial charge on any atom is 0.113 e. The summed E-state index contributed by atoms with van der Waals surface area (Å²) < 4.78 is 0. The predicted octanol–water partition coefficient (Wildman–Crippen LogP) is 4.00. The molecule has 1 heteroatoms. The van der Waals surface area contributed by atoms with Gasteiger partial charge in [0.2, 0.25) is 0 Å². The molecule has 0 bridgehead atoms. The normalized spacial score (nSPS) is 9.12. The van der Waals surface area contributed by atoms with E-state index in [4.69, 9.17) is 7.85 Å². The summed E-state index contributed by atoms with van der Waals surface area (Å²) in [5.74, 6) is 0. The molecule has 0 amide bonds. The zero-order valence-electron chi connectivity index (χ0n) is 11.7. The summed E-state index contributed by atoms with van der Waals surface area (Å²) in [7, 11) is 5.57. The van der Waals surface area contributed by atoms with Crippen molar-refractivity contribution in [2.45, 2.75) is 47.0 Å². The second kappa shape index (κ2) is 9.27. The molecule has 0 saturated heterocycles. The van der Waals surface area contributed by atoms with Crippen molar-refractivity contribution in [3.63, 3.8) is 0 Å². The first-order chi connectivity index (χ1) is 7.41. The lowest BCUT2D eigenvalue weighted by Gasteiger charge is -2.18. The Labute approximate surface area is 103 Å². The summed E-state index contributed by atoms with van der Waals surface area (Å²) in [6.07, 6.45) is 1.75. The van der Waals surface area contributed by atoms with Crippen LogP contribution in [0.4, 0.5) is 0 Å². The molecular formula is C15H25B. The summed E-state index contributed by atoms with van der Waals surface area (Å²) in [4.78, 5) is 0. The van der Waals surface area contributed by atoms with Gasteiger partial charge in [-0.3, -0.25) is 0 Å². The molecule has 0 fully saturated rings. The smallest absolute Gasteiger partial charge is 0.103 e. The Hall–Kier alpha value is -0.975. The molecule has 88 valence electrons. The van der Waals surface area contributed by atoms with E-state index in [2.05, 4.69) is 39.5 Å². The summed E-state index contributed by atoms with van der Waals surface area (Å²) in [6.45, 7) is 15.8. The molecule has 0 aliphatic rings. The van der Waals surface area contributed by atoms with Crippen LogP contribution in [0.1, 0.15) is 47.1 Å². The summed E-state index contributed by atoms with van der Waals surface area (Å²) in [5.41, 5.74) is 2.39. The zero-order chi connectivity index (χ0) is 13.2. The number of benzene rings is 1. The molecular weight excluding hydrogens is 191 g/mol. The Bertz CT molecular complexity index is 264. The summed E-state index contributed by atoms with van der Waals surface area (Å²) >= 11 is 0. The van der Waals surface area contributed by atoms with Crippen molar-refractivity contribution in [1.29, 1.82) is 0 Å². The molecule has 0 aromatic heterocycles. The Kier molecular flexibility index (Phi) is 10.1. The van der Waals surface area contributed by atoms with Gasteiger partial charge in [0.1, 0.15) is 7.85 Å². The van der Waals surface area contributed by atoms with E-state index in [1.54, 1.807) is 6.08 Å². The van der Waals surface area contributed by atoms with E-state index in [0.29, 0.717) is 0 Å². The van der Waals surface area contributed by atoms with Crippen LogP contribution in [0.3, 0.4) is 0 Å². The monoisotopic (exact) mass is 216 g/mol. The Morgan fingerprint density at radius 3 is 1.62 bits per heavy atom. The lowest BCUT2D eigenvalue weighted by Crippen LogP contribution is -2.12. The largest absolute Gasteiger partial charge is 0.113 e. The number of rotatable bonds is 0. The van der Waals surface area contributed by atoms with E-state index in [9.17, 15) is 0 Å². The molecule has 0 aliphatic heterocycles. The minimum atomic E-state index is 0.230. The highest BCUT2D eigenvalue weighted by Crippen LogP contribution is 2.20. The molecule has 0 atom stereocenters. The molecule has 0 spiro atoms. The van der Waals surface area contributed by atoms with E-state index in [0.717, 1.165) is 5.46 Å². The van der Waals surface area contributed by atoms with Crippen LogP contribution in [0.5, 0.6) is 0 Å². The summed E-state index contributed by atoms with van der Waals surface area (Å²) in [6, 6.07) is 8.05. The van der Waals surface area contributed by atoms with Gasteiger partial charge in [0, 0.05) is 0 Å². The Balaban J connectivity index is 0. The third-order valence-electron chi connectivity index (χ3n) is 1.78. The third-order valence-corrected chi connectivity index (χ3v) is 1.78. The topological polar surface area (TPSA) is 0 Å². The third kappa shape index (κ3) is 8.34. The Morgan fingerprint density at radius 2 is 1.38 bits per heavy atom. The van der Waals surface area contributed by atoms with Crippen LogP contribution in [0.25, 0.3) is 0 Å². The van der Waals surface area contributed by atoms with Crippen molar-refractivity contribution in [3.05, 3.63) is 42.5 Å². The van der Waals surface area contributed by atoms with Crippen LogP contribution in [0.2, 0.25) is 0 Å². The molecule has 1 aromatic rings. The van der Waals surface area contributed by atoms with E-state index in [1.165, 1.54) is 5.56 Å². The molecule has 0 N–H and O–H groups in total. The van der Waals surface area contributed by atoms with E-state index < -0.39 is 0 Å². The molecule has 0 saturated carbocycles. The molecule has 0 unspecified atom stereocenters. The van der Waals surface area contributed by atoms with Crippen LogP contribution in [0.15, 0.2) is 36.9 Å². The minimum Gasteiger partial charge on any atom is -0.103 e. The van der Waals surface area contributed by atoms with Gasteiger partial charge >= 0.3 is 0 Å². The fourth-order valence-electron chi connectivity index (χ4n) is 0.983. The number of allylic oxidation sites excluding steroid dienone is 1. The SMILES string of the molecule is C=CC.CC.[B]c1ccc(C(C)(C)C)cc1. The van der Waals surface area contributed by atoms with Gasteiger partial charge in [-0.1, -0.05) is 70.4 Å². The second-order valence-electron chi connectivity index (χ2n) is 4.28. The van der Waals surface area contributed by atoms with Crippen molar-refractivity contribution in [1.82, 2.24) is 0 Å². The molecule has 0 nitrogen and oxygen atoms in total. The summed E-state index contributed by atoms with van der Waals surface area (Å²) in [5, 5.41) is 0. The number of hydrogen-bond acceptors (Lipinski definition) is 0. The molecule has 1 rings (SSSR count). The zero-order valence-corrected chi connectivity index (χ0v) is 11.7. The lowest BCUT2D eigenvalue weighted by atomic mass is 9.84. The second-order valence-corrected chi connectivity index (χ2v) is 4.28. The van der Waals surface area contributed by atoms with Crippen LogP contribution in [-0.4, -0.2) is 7.85 Å². The van der Waals surface area contributed by atoms with Crippen LogP contribution < -0.4 is 5.46 Å². The first-order valence-electron chi connectivity index (χ1n) is 5.85. The maximum absolute atomic E-state index is 5.57. The van der Waals surface area contributed by atoms with Gasteiger partial charge in [0.25, 0.3) is 0 Å². The van der Waals surface area contributed by atoms with E-state index in [-0.39, 0.29) is 5.41 Å². The van der Waals surface area contributed by atoms with E-state index >= 15 is 0 Å². The van der Waals surface area contributed by atoms with Crippen LogP contribution in [-0.2, 0) is 5.41 Å². The number of hydrogen-bond donors (Lipinski definition) is 0. The molecule has 16 heavy (non-hydrogen) atoms. The fraction of sp³-hybridized carbons (Fsp3) is 0.467. The van der Waals surface area contributed by atoms with Crippen LogP contribution >= 0.6 is 0 Å². The molecule has 0 aliphatic carbocycles. The average Bonchev–Trinajstić information content (AvgIpc) is 2.21. The Morgan fingerprint density at radius 1 is 1.06 bits per heavy atom. The van der Waals surface area contributed by atoms with Gasteiger partial charge in [0.05, 0.1) is 0 Å². The highest BCUT2D eigenvalue weighted by atomic mass is 14.2. The quantitative estimate of drug-likeness (QED) is 0.454. The van der Waals surface area contributed by atoms with Gasteiger partial charge in [-0.05, 0) is 17.9 Å². The standard InChI is InChI=1S/C10H13B.C3H6.C2H6/c1-10(2,3)8-4-6-9(11)7-5-8;1-3-2;1-2/h4-7H,1-3H3;3H,1H2,2H3;1-2H3. The van der Waals surface area contributed by atoms with Crippen molar-refractivity contribution >= 4 is 13.3 Å². The fourth-order valence-corrected chi connectivity index (χ4v) is 0.983. The van der Waals surface area contributed by atoms with Gasteiger partial charge in [-0.25, -0.2) is 0 Å². The van der Waals surface area contributed by atoms with Crippen molar-refractivity contribution in [2.24, 2.45) is 0 Å². The van der Waals surface area contributed by atoms with Crippen molar-refractivity contribution < 1.29 is 0 Å². The average molecular weight is 216 g/mol. The first kappa shape index (κ1) is 17.4.